The molecule has 4 nitrogen and oxygen atoms in total. The van der Waals surface area contributed by atoms with E-state index in [4.69, 9.17) is 15.2 Å². The molecule has 0 amide bonds. The lowest BCUT2D eigenvalue weighted by molar-refractivity contribution is 0.174. The molecule has 0 bridgehead atoms. The summed E-state index contributed by atoms with van der Waals surface area (Å²) in [5.74, 6) is 1.65. The summed E-state index contributed by atoms with van der Waals surface area (Å²) in [6.45, 7) is 3.83. The number of fused-ring (bicyclic) bond motifs is 1. The summed E-state index contributed by atoms with van der Waals surface area (Å²) in [4.78, 5) is 0. The Labute approximate surface area is 89.4 Å². The molecule has 1 atom stereocenters. The largest absolute Gasteiger partial charge is 0.454 e. The molecule has 0 radical (unpaired) electrons. The quantitative estimate of drug-likeness (QED) is 0.770. The van der Waals surface area contributed by atoms with Gasteiger partial charge in [0, 0.05) is 19.1 Å². The van der Waals surface area contributed by atoms with Crippen LogP contribution in [0.4, 0.5) is 0 Å². The van der Waals surface area contributed by atoms with Crippen LogP contribution in [0.1, 0.15) is 12.5 Å². The molecule has 2 rings (SSSR count). The molecule has 3 N–H and O–H groups in total. The van der Waals surface area contributed by atoms with Crippen LogP contribution in [0.25, 0.3) is 0 Å². The highest BCUT2D eigenvalue weighted by molar-refractivity contribution is 5.44. The van der Waals surface area contributed by atoms with E-state index in [-0.39, 0.29) is 0 Å². The summed E-state index contributed by atoms with van der Waals surface area (Å²) in [5.41, 5.74) is 6.70. The highest BCUT2D eigenvalue weighted by Crippen LogP contribution is 2.32. The van der Waals surface area contributed by atoms with Crippen molar-refractivity contribution in [2.45, 2.75) is 19.5 Å². The molecular weight excluding hydrogens is 192 g/mol. The minimum atomic E-state index is 0.325. The van der Waals surface area contributed by atoms with Crippen molar-refractivity contribution in [3.63, 3.8) is 0 Å². The van der Waals surface area contributed by atoms with E-state index in [2.05, 4.69) is 12.2 Å². The van der Waals surface area contributed by atoms with Crippen molar-refractivity contribution >= 4 is 0 Å². The van der Waals surface area contributed by atoms with Gasteiger partial charge >= 0.3 is 0 Å². The van der Waals surface area contributed by atoms with Gasteiger partial charge < -0.3 is 20.5 Å². The van der Waals surface area contributed by atoms with Gasteiger partial charge in [0.2, 0.25) is 6.79 Å². The van der Waals surface area contributed by atoms with Crippen molar-refractivity contribution in [3.05, 3.63) is 23.8 Å². The van der Waals surface area contributed by atoms with Crippen molar-refractivity contribution in [2.75, 3.05) is 13.3 Å². The molecule has 1 aliphatic rings. The van der Waals surface area contributed by atoms with Gasteiger partial charge in [0.15, 0.2) is 11.5 Å². The van der Waals surface area contributed by atoms with Gasteiger partial charge in [-0.15, -0.1) is 0 Å². The molecule has 1 aliphatic heterocycles. The van der Waals surface area contributed by atoms with Gasteiger partial charge in [-0.3, -0.25) is 0 Å². The van der Waals surface area contributed by atoms with Crippen LogP contribution in [0.5, 0.6) is 11.5 Å². The van der Waals surface area contributed by atoms with Gasteiger partial charge in [-0.1, -0.05) is 6.07 Å². The van der Waals surface area contributed by atoms with Gasteiger partial charge in [-0.2, -0.15) is 0 Å². The molecule has 0 aromatic heterocycles. The number of hydrogen-bond acceptors (Lipinski definition) is 4. The molecule has 0 unspecified atom stereocenters. The van der Waals surface area contributed by atoms with Gasteiger partial charge in [-0.05, 0) is 24.6 Å². The zero-order valence-electron chi connectivity index (χ0n) is 8.82. The number of rotatable bonds is 4. The molecule has 0 spiro atoms. The van der Waals surface area contributed by atoms with Gasteiger partial charge in [0.05, 0.1) is 0 Å². The molecule has 0 fully saturated rings. The van der Waals surface area contributed by atoms with Crippen LogP contribution in [0.2, 0.25) is 0 Å². The fourth-order valence-electron chi connectivity index (χ4n) is 1.43. The molecule has 0 aliphatic carbocycles. The van der Waals surface area contributed by atoms with Gasteiger partial charge in [0.1, 0.15) is 0 Å². The average Bonchev–Trinajstić information content (AvgIpc) is 2.72. The third-order valence-electron chi connectivity index (χ3n) is 2.45. The van der Waals surface area contributed by atoms with Crippen LogP contribution < -0.4 is 20.5 Å². The van der Waals surface area contributed by atoms with Crippen molar-refractivity contribution in [1.29, 1.82) is 0 Å². The fourth-order valence-corrected chi connectivity index (χ4v) is 1.43. The number of nitrogens with one attached hydrogen (secondary N) is 1. The van der Waals surface area contributed by atoms with Crippen LogP contribution in [0.3, 0.4) is 0 Å². The van der Waals surface area contributed by atoms with Crippen LogP contribution >= 0.6 is 0 Å². The first-order valence-corrected chi connectivity index (χ1v) is 5.11. The Kier molecular flexibility index (Phi) is 3.08. The van der Waals surface area contributed by atoms with E-state index in [1.54, 1.807) is 0 Å². The molecule has 1 heterocycles. The molecule has 4 heteroatoms. The number of ether oxygens (including phenoxy) is 2. The first-order chi connectivity index (χ1) is 7.29. The highest BCUT2D eigenvalue weighted by atomic mass is 16.7. The predicted octanol–water partition coefficient (Wildman–Crippen LogP) is 0.852. The second-order valence-corrected chi connectivity index (χ2v) is 3.71. The Morgan fingerprint density at radius 1 is 1.40 bits per heavy atom. The first-order valence-electron chi connectivity index (χ1n) is 5.11. The molecule has 0 saturated heterocycles. The molecular formula is C11H16N2O2. The first kappa shape index (κ1) is 10.3. The van der Waals surface area contributed by atoms with Crippen molar-refractivity contribution < 1.29 is 9.47 Å². The summed E-state index contributed by atoms with van der Waals surface area (Å²) in [5, 5.41) is 3.32. The molecule has 82 valence electrons. The van der Waals surface area contributed by atoms with E-state index < -0.39 is 0 Å². The maximum absolute atomic E-state index is 5.52. The summed E-state index contributed by atoms with van der Waals surface area (Å²) in [6.07, 6.45) is 0. The average molecular weight is 208 g/mol. The van der Waals surface area contributed by atoms with Crippen LogP contribution in [-0.4, -0.2) is 19.4 Å². The van der Waals surface area contributed by atoms with Crippen molar-refractivity contribution in [1.82, 2.24) is 5.32 Å². The molecule has 15 heavy (non-hydrogen) atoms. The monoisotopic (exact) mass is 208 g/mol. The van der Waals surface area contributed by atoms with Crippen molar-refractivity contribution in [2.24, 2.45) is 5.73 Å². The van der Waals surface area contributed by atoms with E-state index in [9.17, 15) is 0 Å². The second-order valence-electron chi connectivity index (χ2n) is 3.71. The van der Waals surface area contributed by atoms with E-state index in [0.29, 0.717) is 19.4 Å². The normalized spacial score (nSPS) is 15.3. The summed E-state index contributed by atoms with van der Waals surface area (Å²) in [7, 11) is 0. The lowest BCUT2D eigenvalue weighted by Crippen LogP contribution is -2.32. The zero-order chi connectivity index (χ0) is 10.7. The Morgan fingerprint density at radius 2 is 2.20 bits per heavy atom. The molecule has 1 aromatic carbocycles. The Hall–Kier alpha value is -1.26. The maximum atomic E-state index is 5.52. The van der Waals surface area contributed by atoms with Gasteiger partial charge in [0.25, 0.3) is 0 Å². The number of hydrogen-bond donors (Lipinski definition) is 2. The molecule has 0 saturated carbocycles. The van der Waals surface area contributed by atoms with Crippen LogP contribution in [-0.2, 0) is 6.54 Å². The van der Waals surface area contributed by atoms with E-state index in [0.717, 1.165) is 18.0 Å². The summed E-state index contributed by atoms with van der Waals surface area (Å²) >= 11 is 0. The fraction of sp³-hybridized carbons (Fsp3) is 0.455. The van der Waals surface area contributed by atoms with Crippen LogP contribution in [0, 0.1) is 0 Å². The SMILES string of the molecule is C[C@@H](CN)NCc1ccc2c(c1)OCO2. The van der Waals surface area contributed by atoms with Gasteiger partial charge in [-0.25, -0.2) is 0 Å². The van der Waals surface area contributed by atoms with Crippen molar-refractivity contribution in [3.8, 4) is 11.5 Å². The topological polar surface area (TPSA) is 56.5 Å². The Morgan fingerprint density at radius 3 is 3.00 bits per heavy atom. The Balaban J connectivity index is 1.98. The number of benzene rings is 1. The lowest BCUT2D eigenvalue weighted by Gasteiger charge is -2.11. The smallest absolute Gasteiger partial charge is 0.231 e. The third kappa shape index (κ3) is 2.40. The predicted molar refractivity (Wildman–Crippen MR) is 57.9 cm³/mol. The second kappa shape index (κ2) is 4.51. The lowest BCUT2D eigenvalue weighted by atomic mass is 10.2. The number of nitrogens with two attached hydrogens (primary N) is 1. The van der Waals surface area contributed by atoms with E-state index >= 15 is 0 Å². The van der Waals surface area contributed by atoms with Crippen LogP contribution in [0.15, 0.2) is 18.2 Å². The Bertz CT molecular complexity index is 341. The summed E-state index contributed by atoms with van der Waals surface area (Å²) in [6, 6.07) is 6.30. The van der Waals surface area contributed by atoms with E-state index in [1.165, 1.54) is 5.56 Å². The minimum Gasteiger partial charge on any atom is -0.454 e. The standard InChI is InChI=1S/C11H16N2O2/c1-8(5-12)13-6-9-2-3-10-11(4-9)15-7-14-10/h2-4,8,13H,5-7,12H2,1H3/t8-/m0/s1. The maximum Gasteiger partial charge on any atom is 0.231 e. The van der Waals surface area contributed by atoms with E-state index in [1.807, 2.05) is 18.2 Å². The molecule has 1 aromatic rings. The third-order valence-corrected chi connectivity index (χ3v) is 2.45. The zero-order valence-corrected chi connectivity index (χ0v) is 8.82. The minimum absolute atomic E-state index is 0.325. The highest BCUT2D eigenvalue weighted by Gasteiger charge is 2.12. The summed E-state index contributed by atoms with van der Waals surface area (Å²) < 4.78 is 10.5.